The van der Waals surface area contributed by atoms with E-state index in [0.29, 0.717) is 11.1 Å². The van der Waals surface area contributed by atoms with Gasteiger partial charge >= 0.3 is 0 Å². The second-order valence-electron chi connectivity index (χ2n) is 6.26. The molecule has 4 rings (SSSR count). The fourth-order valence-electron chi connectivity index (χ4n) is 3.14. The second kappa shape index (κ2) is 6.76. The second-order valence-corrected chi connectivity index (χ2v) is 6.26. The van der Waals surface area contributed by atoms with Crippen LogP contribution in [0.3, 0.4) is 0 Å². The van der Waals surface area contributed by atoms with Gasteiger partial charge < -0.3 is 20.1 Å². The van der Waals surface area contributed by atoms with E-state index in [9.17, 15) is 30.2 Å². The zero-order valence-corrected chi connectivity index (χ0v) is 14.2. The van der Waals surface area contributed by atoms with E-state index in [1.807, 2.05) is 0 Å². The predicted octanol–water partition coefficient (Wildman–Crippen LogP) is -0.898. The number of benzene rings is 1. The van der Waals surface area contributed by atoms with Gasteiger partial charge in [-0.25, -0.2) is 4.68 Å². The van der Waals surface area contributed by atoms with E-state index >= 15 is 0 Å². The molecule has 1 aliphatic rings. The van der Waals surface area contributed by atoms with Crippen LogP contribution in [-0.2, 0) is 4.74 Å². The van der Waals surface area contributed by atoms with Gasteiger partial charge in [0.25, 0.3) is 11.2 Å². The number of non-ortho nitro benzene ring substituents is 1. The molecule has 0 unspecified atom stereocenters. The number of nitrogens with zero attached hydrogens (tertiary/aromatic N) is 5. The number of aliphatic hydroxyl groups is 3. The summed E-state index contributed by atoms with van der Waals surface area (Å²) in [6.45, 7) is -0.511. The summed E-state index contributed by atoms with van der Waals surface area (Å²) in [6, 6.07) is 5.26. The van der Waals surface area contributed by atoms with Crippen LogP contribution in [-0.4, -0.2) is 64.7 Å². The topological polar surface area (TPSA) is 166 Å². The van der Waals surface area contributed by atoms with E-state index in [1.54, 1.807) is 0 Å². The standard InChI is InChI=1S/C16H15N5O7/c22-7-11-13(23)14(24)16(28-11)20-12-8(6-18-20)5-17-19(15(12)25)9-1-3-10(4-2-9)21(26)27/h1-6,11,13-14,16,22-24H,7H2/t11-,13-,14-,16-/m1/s1. The number of fused-ring (bicyclic) bond motifs is 1. The van der Waals surface area contributed by atoms with E-state index in [1.165, 1.54) is 36.7 Å². The number of aromatic nitrogens is 4. The fraction of sp³-hybridized carbons (Fsp3) is 0.312. The lowest BCUT2D eigenvalue weighted by Gasteiger charge is -2.16. The minimum atomic E-state index is -1.40. The molecular formula is C16H15N5O7. The SMILES string of the molecule is O=c1c2c(cnn1-c1ccc([N+](=O)[O-])cc1)cnn2[C@@H]1O[C@H](CO)[C@@H](O)[C@H]1O. The monoisotopic (exact) mass is 389 g/mol. The summed E-state index contributed by atoms with van der Waals surface area (Å²) in [5.74, 6) is 0. The summed E-state index contributed by atoms with van der Waals surface area (Å²) in [5.41, 5.74) is -0.370. The lowest BCUT2D eigenvalue weighted by Crippen LogP contribution is -2.33. The van der Waals surface area contributed by atoms with Crippen molar-refractivity contribution in [1.82, 2.24) is 19.6 Å². The van der Waals surface area contributed by atoms with Gasteiger partial charge in [-0.15, -0.1) is 0 Å². The van der Waals surface area contributed by atoms with E-state index in [4.69, 9.17) is 4.74 Å². The van der Waals surface area contributed by atoms with Crippen molar-refractivity contribution in [3.8, 4) is 5.69 Å². The molecular weight excluding hydrogens is 374 g/mol. The van der Waals surface area contributed by atoms with Gasteiger partial charge in [0.1, 0.15) is 23.8 Å². The summed E-state index contributed by atoms with van der Waals surface area (Å²) in [7, 11) is 0. The van der Waals surface area contributed by atoms with Gasteiger partial charge in [0.15, 0.2) is 6.23 Å². The average molecular weight is 389 g/mol. The summed E-state index contributed by atoms with van der Waals surface area (Å²) >= 11 is 0. The number of rotatable bonds is 4. The van der Waals surface area contributed by atoms with E-state index in [2.05, 4.69) is 10.2 Å². The largest absolute Gasteiger partial charge is 0.394 e. The number of hydrogen-bond donors (Lipinski definition) is 3. The Kier molecular flexibility index (Phi) is 4.39. The Morgan fingerprint density at radius 2 is 1.82 bits per heavy atom. The molecule has 2 aromatic heterocycles. The van der Waals surface area contributed by atoms with Gasteiger partial charge in [-0.2, -0.15) is 14.9 Å². The van der Waals surface area contributed by atoms with Crippen molar-refractivity contribution in [3.05, 3.63) is 57.1 Å². The van der Waals surface area contributed by atoms with Crippen molar-refractivity contribution in [1.29, 1.82) is 0 Å². The highest BCUT2D eigenvalue weighted by Crippen LogP contribution is 2.30. The van der Waals surface area contributed by atoms with Gasteiger partial charge in [0, 0.05) is 17.5 Å². The number of ether oxygens (including phenoxy) is 1. The van der Waals surface area contributed by atoms with Gasteiger partial charge in [0.05, 0.1) is 29.6 Å². The molecule has 0 saturated carbocycles. The predicted molar refractivity (Wildman–Crippen MR) is 92.8 cm³/mol. The molecule has 0 spiro atoms. The fourth-order valence-corrected chi connectivity index (χ4v) is 3.14. The Hall–Kier alpha value is -3.19. The third kappa shape index (κ3) is 2.75. The molecule has 4 atom stereocenters. The van der Waals surface area contributed by atoms with Gasteiger partial charge in [-0.05, 0) is 12.1 Å². The van der Waals surface area contributed by atoms with E-state index in [-0.39, 0.29) is 11.2 Å². The van der Waals surface area contributed by atoms with Crippen LogP contribution >= 0.6 is 0 Å². The third-order valence-electron chi connectivity index (χ3n) is 4.59. The molecule has 1 aromatic carbocycles. The molecule has 3 heterocycles. The lowest BCUT2D eigenvalue weighted by molar-refractivity contribution is -0.384. The molecule has 0 radical (unpaired) electrons. The van der Waals surface area contributed by atoms with Crippen LogP contribution in [0.4, 0.5) is 5.69 Å². The Morgan fingerprint density at radius 3 is 2.43 bits per heavy atom. The molecule has 1 aliphatic heterocycles. The zero-order valence-electron chi connectivity index (χ0n) is 14.2. The van der Waals surface area contributed by atoms with Crippen LogP contribution in [0, 0.1) is 10.1 Å². The summed E-state index contributed by atoms with van der Waals surface area (Å²) in [4.78, 5) is 23.2. The third-order valence-corrected chi connectivity index (χ3v) is 4.59. The number of aliphatic hydroxyl groups excluding tert-OH is 3. The molecule has 28 heavy (non-hydrogen) atoms. The first-order chi connectivity index (χ1) is 13.4. The van der Waals surface area contributed by atoms with Crippen LogP contribution < -0.4 is 5.56 Å². The molecule has 0 aliphatic carbocycles. The quantitative estimate of drug-likeness (QED) is 0.378. The first-order valence-electron chi connectivity index (χ1n) is 8.25. The summed E-state index contributed by atoms with van der Waals surface area (Å²) in [6.07, 6.45) is -2.20. The van der Waals surface area contributed by atoms with Crippen molar-refractivity contribution in [2.45, 2.75) is 24.5 Å². The summed E-state index contributed by atoms with van der Waals surface area (Å²) < 4.78 is 7.60. The molecule has 0 amide bonds. The Morgan fingerprint density at radius 1 is 1.14 bits per heavy atom. The molecule has 12 heteroatoms. The van der Waals surface area contributed by atoms with E-state index in [0.717, 1.165) is 9.36 Å². The number of nitro benzene ring substituents is 1. The van der Waals surface area contributed by atoms with Crippen molar-refractivity contribution in [2.75, 3.05) is 6.61 Å². The number of nitro groups is 1. The van der Waals surface area contributed by atoms with Crippen molar-refractivity contribution >= 4 is 16.6 Å². The molecule has 3 N–H and O–H groups in total. The molecule has 1 fully saturated rings. The maximum atomic E-state index is 13.0. The first kappa shape index (κ1) is 18.2. The van der Waals surface area contributed by atoms with Crippen LogP contribution in [0.2, 0.25) is 0 Å². The van der Waals surface area contributed by atoms with Crippen LogP contribution in [0.15, 0.2) is 41.5 Å². The van der Waals surface area contributed by atoms with Gasteiger partial charge in [-0.3, -0.25) is 14.9 Å². The zero-order chi connectivity index (χ0) is 20.0. The Balaban J connectivity index is 1.80. The summed E-state index contributed by atoms with van der Waals surface area (Å²) in [5, 5.41) is 48.7. The maximum absolute atomic E-state index is 13.0. The van der Waals surface area contributed by atoms with Crippen molar-refractivity contribution in [2.24, 2.45) is 0 Å². The molecule has 3 aromatic rings. The molecule has 12 nitrogen and oxygen atoms in total. The van der Waals surface area contributed by atoms with E-state index < -0.39 is 41.6 Å². The van der Waals surface area contributed by atoms with Crippen molar-refractivity contribution < 1.29 is 25.0 Å². The van der Waals surface area contributed by atoms with Crippen LogP contribution in [0.1, 0.15) is 6.23 Å². The smallest absolute Gasteiger partial charge is 0.297 e. The lowest BCUT2D eigenvalue weighted by atomic mass is 10.1. The average Bonchev–Trinajstić information content (AvgIpc) is 3.24. The van der Waals surface area contributed by atoms with Crippen LogP contribution in [0.5, 0.6) is 0 Å². The highest BCUT2D eigenvalue weighted by atomic mass is 16.6. The van der Waals surface area contributed by atoms with Gasteiger partial charge in [-0.1, -0.05) is 0 Å². The Labute approximate surface area is 156 Å². The van der Waals surface area contributed by atoms with Crippen LogP contribution in [0.25, 0.3) is 16.6 Å². The Bertz CT molecular complexity index is 1090. The normalized spacial score (nSPS) is 24.7. The van der Waals surface area contributed by atoms with Crippen molar-refractivity contribution in [3.63, 3.8) is 0 Å². The minimum absolute atomic E-state index is 0.0585. The molecule has 1 saturated heterocycles. The number of hydrogen-bond acceptors (Lipinski definition) is 9. The minimum Gasteiger partial charge on any atom is -0.394 e. The molecule has 146 valence electrons. The van der Waals surface area contributed by atoms with Gasteiger partial charge in [0.2, 0.25) is 0 Å². The first-order valence-corrected chi connectivity index (χ1v) is 8.25. The maximum Gasteiger partial charge on any atom is 0.297 e. The highest BCUT2D eigenvalue weighted by molar-refractivity contribution is 5.76. The highest BCUT2D eigenvalue weighted by Gasteiger charge is 2.44. The molecule has 0 bridgehead atoms.